The van der Waals surface area contributed by atoms with Crippen LogP contribution in [0.3, 0.4) is 0 Å². The van der Waals surface area contributed by atoms with Gasteiger partial charge in [0, 0.05) is 16.0 Å². The summed E-state index contributed by atoms with van der Waals surface area (Å²) in [7, 11) is 0. The van der Waals surface area contributed by atoms with Crippen LogP contribution in [-0.4, -0.2) is 4.98 Å². The Morgan fingerprint density at radius 1 is 1.54 bits per heavy atom. The smallest absolute Gasteiger partial charge is 0.282 e. The highest BCUT2D eigenvalue weighted by molar-refractivity contribution is 9.11. The summed E-state index contributed by atoms with van der Waals surface area (Å²) in [6.07, 6.45) is -1.27. The molecular formula is C7H6Br2F2N2. The van der Waals surface area contributed by atoms with E-state index in [9.17, 15) is 8.78 Å². The van der Waals surface area contributed by atoms with Gasteiger partial charge in [0.25, 0.3) is 6.43 Å². The van der Waals surface area contributed by atoms with Gasteiger partial charge in [0.05, 0.1) is 5.69 Å². The molecule has 2 nitrogen and oxygen atoms in total. The number of alkyl halides is 3. The van der Waals surface area contributed by atoms with E-state index in [1.54, 1.807) is 0 Å². The van der Waals surface area contributed by atoms with E-state index in [2.05, 4.69) is 36.8 Å². The van der Waals surface area contributed by atoms with Crippen molar-refractivity contribution in [3.05, 3.63) is 21.9 Å². The minimum Gasteiger partial charge on any atom is -0.396 e. The van der Waals surface area contributed by atoms with E-state index in [4.69, 9.17) is 5.73 Å². The molecular weight excluding hydrogens is 310 g/mol. The number of hydrogen-bond donors (Lipinski definition) is 1. The van der Waals surface area contributed by atoms with Gasteiger partial charge < -0.3 is 5.73 Å². The molecule has 13 heavy (non-hydrogen) atoms. The van der Waals surface area contributed by atoms with Gasteiger partial charge in [0.2, 0.25) is 0 Å². The zero-order valence-electron chi connectivity index (χ0n) is 6.40. The maximum Gasteiger partial charge on any atom is 0.282 e. The first-order valence-corrected chi connectivity index (χ1v) is 5.26. The molecule has 0 aliphatic rings. The summed E-state index contributed by atoms with van der Waals surface area (Å²) in [4.78, 5) is 3.57. The summed E-state index contributed by atoms with van der Waals surface area (Å²) < 4.78 is 25.0. The summed E-state index contributed by atoms with van der Waals surface area (Å²) in [5.74, 6) is 0. The molecule has 1 rings (SSSR count). The van der Waals surface area contributed by atoms with Crippen LogP contribution in [-0.2, 0) is 5.33 Å². The number of hydrogen-bond acceptors (Lipinski definition) is 2. The topological polar surface area (TPSA) is 38.9 Å². The van der Waals surface area contributed by atoms with Gasteiger partial charge in [-0.1, -0.05) is 15.9 Å². The molecule has 0 saturated carbocycles. The van der Waals surface area contributed by atoms with Gasteiger partial charge in [-0.05, 0) is 21.5 Å². The molecule has 1 heterocycles. The maximum absolute atomic E-state index is 12.3. The fourth-order valence-corrected chi connectivity index (χ4v) is 2.07. The highest BCUT2D eigenvalue weighted by atomic mass is 79.9. The Morgan fingerprint density at radius 2 is 2.15 bits per heavy atom. The van der Waals surface area contributed by atoms with E-state index in [-0.39, 0.29) is 11.4 Å². The Hall–Kier alpha value is -0.230. The fourth-order valence-electron chi connectivity index (χ4n) is 0.826. The molecule has 0 bridgehead atoms. The van der Waals surface area contributed by atoms with Gasteiger partial charge in [-0.25, -0.2) is 8.78 Å². The van der Waals surface area contributed by atoms with Gasteiger partial charge in [-0.15, -0.1) is 0 Å². The lowest BCUT2D eigenvalue weighted by atomic mass is 10.2. The lowest BCUT2D eigenvalue weighted by molar-refractivity contribution is 0.147. The summed E-state index contributed by atoms with van der Waals surface area (Å²) >= 11 is 6.32. The third-order valence-corrected chi connectivity index (χ3v) is 3.05. The first-order valence-electron chi connectivity index (χ1n) is 3.34. The standard InChI is InChI=1S/C7H6Br2F2N2/c8-1-3-2-13-6(7(10)11)5(12)4(3)9/h2,7H,1,12H2. The van der Waals surface area contributed by atoms with Crippen LogP contribution in [0.4, 0.5) is 14.5 Å². The van der Waals surface area contributed by atoms with E-state index in [1.165, 1.54) is 6.20 Å². The zero-order chi connectivity index (χ0) is 10.0. The largest absolute Gasteiger partial charge is 0.396 e. The predicted octanol–water partition coefficient (Wildman–Crippen LogP) is 3.26. The summed E-state index contributed by atoms with van der Waals surface area (Å²) in [5, 5.41) is 0.522. The third kappa shape index (κ3) is 2.17. The van der Waals surface area contributed by atoms with Crippen LogP contribution in [0.2, 0.25) is 0 Å². The molecule has 0 spiro atoms. The summed E-state index contributed by atoms with van der Waals surface area (Å²) in [5.41, 5.74) is 5.83. The summed E-state index contributed by atoms with van der Waals surface area (Å²) in [6.45, 7) is 0. The lowest BCUT2D eigenvalue weighted by Crippen LogP contribution is -2.01. The van der Waals surface area contributed by atoms with E-state index < -0.39 is 6.43 Å². The van der Waals surface area contributed by atoms with Gasteiger partial charge in [-0.3, -0.25) is 4.98 Å². The van der Waals surface area contributed by atoms with Crippen LogP contribution in [0.15, 0.2) is 10.7 Å². The van der Waals surface area contributed by atoms with Crippen LogP contribution < -0.4 is 5.73 Å². The van der Waals surface area contributed by atoms with Crippen molar-refractivity contribution in [3.8, 4) is 0 Å². The Bertz CT molecular complexity index is 318. The number of nitrogens with two attached hydrogens (primary N) is 1. The molecule has 72 valence electrons. The fraction of sp³-hybridized carbons (Fsp3) is 0.286. The predicted molar refractivity (Wildman–Crippen MR) is 53.9 cm³/mol. The molecule has 0 unspecified atom stereocenters. The molecule has 1 aromatic rings. The first-order chi connectivity index (χ1) is 6.07. The van der Waals surface area contributed by atoms with Crippen molar-refractivity contribution in [3.63, 3.8) is 0 Å². The van der Waals surface area contributed by atoms with E-state index in [1.807, 2.05) is 0 Å². The molecule has 0 amide bonds. The molecule has 0 saturated heterocycles. The van der Waals surface area contributed by atoms with Crippen LogP contribution in [0.1, 0.15) is 17.7 Å². The Morgan fingerprint density at radius 3 is 2.62 bits per heavy atom. The molecule has 0 aliphatic carbocycles. The van der Waals surface area contributed by atoms with E-state index in [0.717, 1.165) is 5.56 Å². The zero-order valence-corrected chi connectivity index (χ0v) is 9.57. The Kier molecular flexibility index (Phi) is 3.61. The third-order valence-electron chi connectivity index (χ3n) is 1.50. The molecule has 0 aromatic carbocycles. The highest BCUT2D eigenvalue weighted by Crippen LogP contribution is 2.32. The number of nitrogens with zero attached hydrogens (tertiary/aromatic N) is 1. The van der Waals surface area contributed by atoms with Crippen LogP contribution in [0.5, 0.6) is 0 Å². The number of halogens is 4. The van der Waals surface area contributed by atoms with Crippen molar-refractivity contribution in [2.75, 3.05) is 5.73 Å². The first kappa shape index (κ1) is 10.8. The molecule has 1 aromatic heterocycles. The maximum atomic E-state index is 12.3. The number of aromatic nitrogens is 1. The quantitative estimate of drug-likeness (QED) is 0.851. The van der Waals surface area contributed by atoms with Crippen LogP contribution in [0, 0.1) is 0 Å². The normalized spacial score (nSPS) is 10.8. The average Bonchev–Trinajstić information content (AvgIpc) is 2.09. The Labute approximate surface area is 90.8 Å². The molecule has 0 radical (unpaired) electrons. The molecule has 0 aliphatic heterocycles. The molecule has 0 fully saturated rings. The second-order valence-corrected chi connectivity index (χ2v) is 3.68. The van der Waals surface area contributed by atoms with Crippen molar-refractivity contribution < 1.29 is 8.78 Å². The lowest BCUT2D eigenvalue weighted by Gasteiger charge is -2.08. The van der Waals surface area contributed by atoms with Gasteiger partial charge in [-0.2, -0.15) is 0 Å². The molecule has 6 heteroatoms. The SMILES string of the molecule is Nc1c(C(F)F)ncc(CBr)c1Br. The van der Waals surface area contributed by atoms with Gasteiger partial charge >= 0.3 is 0 Å². The number of pyridine rings is 1. The molecule has 2 N–H and O–H groups in total. The summed E-state index contributed by atoms with van der Waals surface area (Å²) in [6, 6.07) is 0. The van der Waals surface area contributed by atoms with Crippen molar-refractivity contribution in [1.29, 1.82) is 0 Å². The van der Waals surface area contributed by atoms with Crippen molar-refractivity contribution >= 4 is 37.5 Å². The second kappa shape index (κ2) is 4.32. The van der Waals surface area contributed by atoms with Gasteiger partial charge in [0.15, 0.2) is 0 Å². The molecule has 0 atom stereocenters. The van der Waals surface area contributed by atoms with Crippen molar-refractivity contribution in [1.82, 2.24) is 4.98 Å². The van der Waals surface area contributed by atoms with Gasteiger partial charge in [0.1, 0.15) is 5.69 Å². The average molecular weight is 316 g/mol. The number of rotatable bonds is 2. The minimum atomic E-state index is -2.64. The van der Waals surface area contributed by atoms with Crippen LogP contribution >= 0.6 is 31.9 Å². The Balaban J connectivity index is 3.23. The van der Waals surface area contributed by atoms with Crippen molar-refractivity contribution in [2.45, 2.75) is 11.8 Å². The van der Waals surface area contributed by atoms with E-state index in [0.29, 0.717) is 9.80 Å². The van der Waals surface area contributed by atoms with Crippen LogP contribution in [0.25, 0.3) is 0 Å². The monoisotopic (exact) mass is 314 g/mol. The van der Waals surface area contributed by atoms with E-state index >= 15 is 0 Å². The highest BCUT2D eigenvalue weighted by Gasteiger charge is 2.16. The minimum absolute atomic E-state index is 0.00644. The number of anilines is 1. The van der Waals surface area contributed by atoms with Crippen molar-refractivity contribution in [2.24, 2.45) is 0 Å². The second-order valence-electron chi connectivity index (χ2n) is 2.33. The number of nitrogen functional groups attached to an aromatic ring is 1.